The fourth-order valence-electron chi connectivity index (χ4n) is 2.31. The smallest absolute Gasteiger partial charge is 0.0345 e. The SMILES string of the molecule is c1ccc2sc(C3CCNCC3)cc2c1. The summed E-state index contributed by atoms with van der Waals surface area (Å²) in [6, 6.07) is 11.1. The zero-order valence-electron chi connectivity index (χ0n) is 8.70. The maximum atomic E-state index is 3.42. The van der Waals surface area contributed by atoms with E-state index < -0.39 is 0 Å². The standard InChI is InChI=1S/C13H15NS/c1-2-4-12-11(3-1)9-13(15-12)10-5-7-14-8-6-10/h1-4,9-10,14H,5-8H2. The molecule has 0 unspecified atom stereocenters. The van der Waals surface area contributed by atoms with E-state index in [-0.39, 0.29) is 0 Å². The third kappa shape index (κ3) is 1.80. The van der Waals surface area contributed by atoms with Crippen molar-refractivity contribution in [1.82, 2.24) is 5.32 Å². The number of thiophene rings is 1. The number of hydrogen-bond donors (Lipinski definition) is 1. The largest absolute Gasteiger partial charge is 0.317 e. The van der Waals surface area contributed by atoms with Gasteiger partial charge in [0, 0.05) is 9.58 Å². The molecule has 0 amide bonds. The van der Waals surface area contributed by atoms with Gasteiger partial charge in [0.15, 0.2) is 0 Å². The Bertz CT molecular complexity index is 421. The minimum atomic E-state index is 0.795. The third-order valence-corrected chi connectivity index (χ3v) is 4.46. The summed E-state index contributed by atoms with van der Waals surface area (Å²) in [5, 5.41) is 4.84. The highest BCUT2D eigenvalue weighted by Crippen LogP contribution is 2.34. The van der Waals surface area contributed by atoms with E-state index in [4.69, 9.17) is 0 Å². The van der Waals surface area contributed by atoms with E-state index in [0.29, 0.717) is 0 Å². The molecule has 1 fully saturated rings. The second-order valence-corrected chi connectivity index (χ2v) is 5.33. The number of rotatable bonds is 1. The van der Waals surface area contributed by atoms with Gasteiger partial charge in [-0.3, -0.25) is 0 Å². The average molecular weight is 217 g/mol. The van der Waals surface area contributed by atoms with Crippen LogP contribution in [0, 0.1) is 0 Å². The van der Waals surface area contributed by atoms with Gasteiger partial charge in [-0.25, -0.2) is 0 Å². The lowest BCUT2D eigenvalue weighted by atomic mass is 9.96. The molecule has 1 aromatic heterocycles. The first kappa shape index (κ1) is 9.37. The van der Waals surface area contributed by atoms with Crippen LogP contribution >= 0.6 is 11.3 Å². The van der Waals surface area contributed by atoms with Crippen molar-refractivity contribution >= 4 is 21.4 Å². The Kier molecular flexibility index (Phi) is 2.47. The van der Waals surface area contributed by atoms with E-state index in [1.165, 1.54) is 36.0 Å². The average Bonchev–Trinajstić information content (AvgIpc) is 2.74. The third-order valence-electron chi connectivity index (χ3n) is 3.19. The summed E-state index contributed by atoms with van der Waals surface area (Å²) in [6.45, 7) is 2.36. The second-order valence-electron chi connectivity index (χ2n) is 4.21. The first-order valence-electron chi connectivity index (χ1n) is 5.63. The molecule has 0 saturated carbocycles. The van der Waals surface area contributed by atoms with Crippen LogP contribution in [-0.4, -0.2) is 13.1 Å². The van der Waals surface area contributed by atoms with Crippen molar-refractivity contribution in [2.45, 2.75) is 18.8 Å². The molecular weight excluding hydrogens is 202 g/mol. The molecule has 2 aromatic rings. The van der Waals surface area contributed by atoms with Gasteiger partial charge in [-0.05, 0) is 49.4 Å². The molecule has 3 rings (SSSR count). The van der Waals surface area contributed by atoms with Gasteiger partial charge >= 0.3 is 0 Å². The van der Waals surface area contributed by atoms with Crippen LogP contribution in [0.4, 0.5) is 0 Å². The van der Waals surface area contributed by atoms with Crippen LogP contribution in [-0.2, 0) is 0 Å². The molecule has 2 heterocycles. The van der Waals surface area contributed by atoms with Crippen molar-refractivity contribution in [3.05, 3.63) is 35.2 Å². The molecule has 0 bridgehead atoms. The molecule has 0 radical (unpaired) electrons. The Morgan fingerprint density at radius 1 is 1.13 bits per heavy atom. The van der Waals surface area contributed by atoms with Crippen LogP contribution < -0.4 is 5.32 Å². The molecule has 1 nitrogen and oxygen atoms in total. The Morgan fingerprint density at radius 3 is 2.73 bits per heavy atom. The molecule has 15 heavy (non-hydrogen) atoms. The first-order valence-corrected chi connectivity index (χ1v) is 6.44. The fraction of sp³-hybridized carbons (Fsp3) is 0.385. The normalized spacial score (nSPS) is 18.4. The topological polar surface area (TPSA) is 12.0 Å². The fourth-order valence-corrected chi connectivity index (χ4v) is 3.54. The van der Waals surface area contributed by atoms with E-state index in [9.17, 15) is 0 Å². The van der Waals surface area contributed by atoms with Crippen molar-refractivity contribution in [2.24, 2.45) is 0 Å². The van der Waals surface area contributed by atoms with E-state index in [1.54, 1.807) is 4.88 Å². The van der Waals surface area contributed by atoms with Crippen molar-refractivity contribution < 1.29 is 0 Å². The van der Waals surface area contributed by atoms with E-state index >= 15 is 0 Å². The van der Waals surface area contributed by atoms with Crippen LogP contribution in [0.1, 0.15) is 23.6 Å². The van der Waals surface area contributed by atoms with Crippen molar-refractivity contribution in [3.8, 4) is 0 Å². The quantitative estimate of drug-likeness (QED) is 0.772. The molecule has 0 aliphatic carbocycles. The maximum absolute atomic E-state index is 3.42. The van der Waals surface area contributed by atoms with Crippen LogP contribution in [0.5, 0.6) is 0 Å². The monoisotopic (exact) mass is 217 g/mol. The molecule has 78 valence electrons. The van der Waals surface area contributed by atoms with E-state index in [2.05, 4.69) is 35.6 Å². The number of benzene rings is 1. The minimum Gasteiger partial charge on any atom is -0.317 e. The van der Waals surface area contributed by atoms with Gasteiger partial charge in [-0.2, -0.15) is 0 Å². The summed E-state index contributed by atoms with van der Waals surface area (Å²) in [5.74, 6) is 0.795. The lowest BCUT2D eigenvalue weighted by Gasteiger charge is -2.21. The summed E-state index contributed by atoms with van der Waals surface area (Å²) >= 11 is 1.98. The zero-order chi connectivity index (χ0) is 10.1. The molecule has 0 spiro atoms. The van der Waals surface area contributed by atoms with Crippen LogP contribution in [0.25, 0.3) is 10.1 Å². The van der Waals surface area contributed by atoms with Gasteiger partial charge in [0.25, 0.3) is 0 Å². The molecule has 1 saturated heterocycles. The van der Waals surface area contributed by atoms with Gasteiger partial charge in [-0.15, -0.1) is 11.3 Å². The van der Waals surface area contributed by atoms with Gasteiger partial charge in [0.2, 0.25) is 0 Å². The van der Waals surface area contributed by atoms with Crippen LogP contribution in [0.3, 0.4) is 0 Å². The van der Waals surface area contributed by atoms with E-state index in [1.807, 2.05) is 11.3 Å². The summed E-state index contributed by atoms with van der Waals surface area (Å²) in [6.07, 6.45) is 2.60. The number of fused-ring (bicyclic) bond motifs is 1. The Hall–Kier alpha value is -0.860. The van der Waals surface area contributed by atoms with Crippen molar-refractivity contribution in [2.75, 3.05) is 13.1 Å². The minimum absolute atomic E-state index is 0.795. The first-order chi connectivity index (χ1) is 7.43. The summed E-state index contributed by atoms with van der Waals surface area (Å²) in [7, 11) is 0. The Balaban J connectivity index is 1.96. The predicted octanol–water partition coefficient (Wildman–Crippen LogP) is 3.37. The lowest BCUT2D eigenvalue weighted by molar-refractivity contribution is 0.465. The zero-order valence-corrected chi connectivity index (χ0v) is 9.52. The number of piperidine rings is 1. The Morgan fingerprint density at radius 2 is 1.93 bits per heavy atom. The molecule has 1 N–H and O–H groups in total. The molecule has 0 atom stereocenters. The highest BCUT2D eigenvalue weighted by atomic mass is 32.1. The number of nitrogens with one attached hydrogen (secondary N) is 1. The lowest BCUT2D eigenvalue weighted by Crippen LogP contribution is -2.26. The van der Waals surface area contributed by atoms with Crippen LogP contribution in [0.15, 0.2) is 30.3 Å². The van der Waals surface area contributed by atoms with E-state index in [0.717, 1.165) is 5.92 Å². The maximum Gasteiger partial charge on any atom is 0.0345 e. The molecule has 1 aliphatic rings. The molecule has 1 aliphatic heterocycles. The van der Waals surface area contributed by atoms with Crippen LogP contribution in [0.2, 0.25) is 0 Å². The summed E-state index contributed by atoms with van der Waals surface area (Å²) in [4.78, 5) is 1.58. The number of hydrogen-bond acceptors (Lipinski definition) is 2. The predicted molar refractivity (Wildman–Crippen MR) is 66.7 cm³/mol. The van der Waals surface area contributed by atoms with Gasteiger partial charge in [0.05, 0.1) is 0 Å². The molecule has 2 heteroatoms. The second kappa shape index (κ2) is 3.95. The van der Waals surface area contributed by atoms with Crippen molar-refractivity contribution in [3.63, 3.8) is 0 Å². The van der Waals surface area contributed by atoms with Gasteiger partial charge in [-0.1, -0.05) is 18.2 Å². The highest BCUT2D eigenvalue weighted by Gasteiger charge is 2.16. The Labute approximate surface area is 94.1 Å². The molecule has 1 aromatic carbocycles. The summed E-state index contributed by atoms with van der Waals surface area (Å²) < 4.78 is 1.44. The highest BCUT2D eigenvalue weighted by molar-refractivity contribution is 7.19. The van der Waals surface area contributed by atoms with Gasteiger partial charge < -0.3 is 5.32 Å². The summed E-state index contributed by atoms with van der Waals surface area (Å²) in [5.41, 5.74) is 0. The molecular formula is C13H15NS. The van der Waals surface area contributed by atoms with Crippen molar-refractivity contribution in [1.29, 1.82) is 0 Å². The van der Waals surface area contributed by atoms with Gasteiger partial charge in [0.1, 0.15) is 0 Å².